The van der Waals surface area contributed by atoms with E-state index < -0.39 is 0 Å². The van der Waals surface area contributed by atoms with Crippen molar-refractivity contribution in [1.82, 2.24) is 19.4 Å². The predicted molar refractivity (Wildman–Crippen MR) is 94.5 cm³/mol. The van der Waals surface area contributed by atoms with Gasteiger partial charge in [-0.3, -0.25) is 9.59 Å². The molecule has 0 saturated carbocycles. The Bertz CT molecular complexity index is 783. The number of nitrogens with zero attached hydrogens (tertiary/aromatic N) is 4. The van der Waals surface area contributed by atoms with Crippen molar-refractivity contribution in [3.63, 3.8) is 0 Å². The summed E-state index contributed by atoms with van der Waals surface area (Å²) in [5.41, 5.74) is 0. The van der Waals surface area contributed by atoms with Crippen LogP contribution in [-0.4, -0.2) is 56.8 Å². The molecule has 2 aromatic heterocycles. The minimum Gasteiger partial charge on any atom is -0.454 e. The molecule has 5 rings (SSSR count). The molecule has 26 heavy (non-hydrogen) atoms. The lowest BCUT2D eigenvalue weighted by molar-refractivity contribution is -0.139. The van der Waals surface area contributed by atoms with E-state index in [1.165, 1.54) is 0 Å². The van der Waals surface area contributed by atoms with E-state index in [0.717, 1.165) is 25.8 Å². The predicted octanol–water partition coefficient (Wildman–Crippen LogP) is 2.00. The third-order valence-electron chi connectivity index (χ3n) is 5.32. The smallest absolute Gasteiger partial charge is 0.289 e. The maximum Gasteiger partial charge on any atom is 0.289 e. The van der Waals surface area contributed by atoms with Crippen LogP contribution in [0.3, 0.4) is 0 Å². The molecule has 138 valence electrons. The molecular weight excluding hydrogens is 332 g/mol. The maximum absolute atomic E-state index is 12.9. The molecule has 0 N–H and O–H groups in total. The summed E-state index contributed by atoms with van der Waals surface area (Å²) in [7, 11) is 0. The SMILES string of the molecule is CCCN1C(=O)C2CCC1CN(C(=O)c1ccc(Cn3ccnc3)o1)C2. The first-order valence-corrected chi connectivity index (χ1v) is 9.30. The van der Waals surface area contributed by atoms with Crippen LogP contribution in [0, 0.1) is 5.92 Å². The standard InChI is InChI=1S/C19H24N4O3/c1-2-8-23-15-4-3-14(18(23)24)10-22(11-15)19(25)17-6-5-16(26-17)12-21-9-7-20-13-21/h5-7,9,13-15H,2-4,8,10-12H2,1H3. The Hall–Kier alpha value is -2.57. The zero-order valence-electron chi connectivity index (χ0n) is 15.0. The molecule has 7 heteroatoms. The van der Waals surface area contributed by atoms with Gasteiger partial charge in [-0.1, -0.05) is 6.92 Å². The van der Waals surface area contributed by atoms with Gasteiger partial charge in [-0.25, -0.2) is 4.98 Å². The zero-order chi connectivity index (χ0) is 18.1. The van der Waals surface area contributed by atoms with Gasteiger partial charge in [0.1, 0.15) is 5.76 Å². The van der Waals surface area contributed by atoms with Crippen LogP contribution < -0.4 is 0 Å². The second-order valence-corrected chi connectivity index (χ2v) is 7.17. The molecule has 2 bridgehead atoms. The minimum atomic E-state index is -0.120. The van der Waals surface area contributed by atoms with Crippen LogP contribution in [0.5, 0.6) is 0 Å². The summed E-state index contributed by atoms with van der Waals surface area (Å²) < 4.78 is 7.66. The molecule has 3 saturated heterocycles. The summed E-state index contributed by atoms with van der Waals surface area (Å²) >= 11 is 0. The molecule has 0 aliphatic carbocycles. The van der Waals surface area contributed by atoms with Gasteiger partial charge in [-0.15, -0.1) is 0 Å². The first kappa shape index (κ1) is 16.9. The molecule has 3 aliphatic heterocycles. The van der Waals surface area contributed by atoms with Gasteiger partial charge in [0.05, 0.1) is 18.8 Å². The Morgan fingerprint density at radius 3 is 2.96 bits per heavy atom. The Kier molecular flexibility index (Phi) is 4.53. The number of aromatic nitrogens is 2. The van der Waals surface area contributed by atoms with E-state index in [1.54, 1.807) is 23.5 Å². The van der Waals surface area contributed by atoms with Crippen LogP contribution in [0.4, 0.5) is 0 Å². The number of hydrogen-bond donors (Lipinski definition) is 0. The molecule has 0 radical (unpaired) electrons. The summed E-state index contributed by atoms with van der Waals surface area (Å²) in [6, 6.07) is 3.69. The van der Waals surface area contributed by atoms with Gasteiger partial charge < -0.3 is 18.8 Å². The van der Waals surface area contributed by atoms with Gasteiger partial charge in [0.25, 0.3) is 5.91 Å². The second-order valence-electron chi connectivity index (χ2n) is 7.17. The van der Waals surface area contributed by atoms with Crippen LogP contribution in [0.25, 0.3) is 0 Å². The summed E-state index contributed by atoms with van der Waals surface area (Å²) in [6.45, 7) is 4.49. The molecule has 2 atom stereocenters. The number of furan rings is 1. The van der Waals surface area contributed by atoms with Crippen molar-refractivity contribution >= 4 is 11.8 Å². The topological polar surface area (TPSA) is 71.6 Å². The third-order valence-corrected chi connectivity index (χ3v) is 5.32. The zero-order valence-corrected chi connectivity index (χ0v) is 15.0. The number of rotatable bonds is 5. The Labute approximate surface area is 152 Å². The molecule has 2 amide bonds. The number of hydrogen-bond acceptors (Lipinski definition) is 4. The lowest BCUT2D eigenvalue weighted by Gasteiger charge is -2.35. The number of amides is 2. The van der Waals surface area contributed by atoms with Crippen molar-refractivity contribution in [3.05, 3.63) is 42.4 Å². The van der Waals surface area contributed by atoms with Crippen LogP contribution >= 0.6 is 0 Å². The molecule has 0 aromatic carbocycles. The van der Waals surface area contributed by atoms with Crippen molar-refractivity contribution in [2.75, 3.05) is 19.6 Å². The molecule has 3 aliphatic rings. The molecular formula is C19H24N4O3. The third kappa shape index (κ3) is 3.13. The van der Waals surface area contributed by atoms with Crippen LogP contribution in [-0.2, 0) is 11.3 Å². The van der Waals surface area contributed by atoms with Gasteiger partial charge in [0.2, 0.25) is 5.91 Å². The van der Waals surface area contributed by atoms with Gasteiger partial charge in [0.15, 0.2) is 5.76 Å². The quantitative estimate of drug-likeness (QED) is 0.821. The molecule has 2 unspecified atom stereocenters. The highest BCUT2D eigenvalue weighted by Crippen LogP contribution is 2.30. The number of fused-ring (bicyclic) bond motifs is 4. The van der Waals surface area contributed by atoms with Crippen molar-refractivity contribution in [2.45, 2.75) is 38.8 Å². The monoisotopic (exact) mass is 356 g/mol. The second kappa shape index (κ2) is 6.97. The lowest BCUT2D eigenvalue weighted by atomic mass is 9.94. The van der Waals surface area contributed by atoms with E-state index in [1.807, 2.05) is 21.7 Å². The molecule has 2 aromatic rings. The molecule has 7 nitrogen and oxygen atoms in total. The first-order valence-electron chi connectivity index (χ1n) is 9.30. The maximum atomic E-state index is 12.9. The van der Waals surface area contributed by atoms with E-state index in [0.29, 0.717) is 31.2 Å². The van der Waals surface area contributed by atoms with E-state index in [-0.39, 0.29) is 23.8 Å². The van der Waals surface area contributed by atoms with Gasteiger partial charge in [0, 0.05) is 38.1 Å². The summed E-state index contributed by atoms with van der Waals surface area (Å²) in [5.74, 6) is 1.07. The lowest BCUT2D eigenvalue weighted by Crippen LogP contribution is -2.48. The fourth-order valence-corrected chi connectivity index (χ4v) is 4.03. The Morgan fingerprint density at radius 1 is 1.31 bits per heavy atom. The van der Waals surface area contributed by atoms with Crippen LogP contribution in [0.1, 0.15) is 42.5 Å². The average molecular weight is 356 g/mol. The highest BCUT2D eigenvalue weighted by atomic mass is 16.4. The largest absolute Gasteiger partial charge is 0.454 e. The molecule has 3 fully saturated rings. The van der Waals surface area contributed by atoms with E-state index in [9.17, 15) is 9.59 Å². The van der Waals surface area contributed by atoms with Crippen LogP contribution in [0.2, 0.25) is 0 Å². The van der Waals surface area contributed by atoms with Gasteiger partial charge >= 0.3 is 0 Å². The summed E-state index contributed by atoms with van der Waals surface area (Å²) in [4.78, 5) is 33.4. The van der Waals surface area contributed by atoms with Crippen molar-refractivity contribution in [1.29, 1.82) is 0 Å². The number of carbonyl (C=O) groups is 2. The average Bonchev–Trinajstić information content (AvgIpc) is 3.24. The highest BCUT2D eigenvalue weighted by Gasteiger charge is 2.41. The minimum absolute atomic E-state index is 0.0790. The fourth-order valence-electron chi connectivity index (χ4n) is 4.03. The normalized spacial score (nSPS) is 22.7. The molecule has 0 spiro atoms. The van der Waals surface area contributed by atoms with Crippen molar-refractivity contribution in [3.8, 4) is 0 Å². The van der Waals surface area contributed by atoms with Gasteiger partial charge in [-0.05, 0) is 31.4 Å². The number of imidazole rings is 1. The van der Waals surface area contributed by atoms with E-state index in [2.05, 4.69) is 11.9 Å². The first-order chi connectivity index (χ1) is 12.7. The number of carbonyl (C=O) groups excluding carboxylic acids is 2. The van der Waals surface area contributed by atoms with Crippen LogP contribution in [0.15, 0.2) is 35.3 Å². The highest BCUT2D eigenvalue weighted by molar-refractivity contribution is 5.92. The Balaban J connectivity index is 1.48. The van der Waals surface area contributed by atoms with E-state index >= 15 is 0 Å². The summed E-state index contributed by atoms with van der Waals surface area (Å²) in [5, 5.41) is 0. The number of piperidine rings is 1. The molecule has 5 heterocycles. The van der Waals surface area contributed by atoms with Gasteiger partial charge in [-0.2, -0.15) is 0 Å². The van der Waals surface area contributed by atoms with Crippen molar-refractivity contribution < 1.29 is 14.0 Å². The summed E-state index contributed by atoms with van der Waals surface area (Å²) in [6.07, 6.45) is 8.07. The fraction of sp³-hybridized carbons (Fsp3) is 0.526. The van der Waals surface area contributed by atoms with Crippen molar-refractivity contribution in [2.24, 2.45) is 5.92 Å². The van der Waals surface area contributed by atoms with E-state index in [4.69, 9.17) is 4.42 Å². The Morgan fingerprint density at radius 2 is 2.19 bits per heavy atom.